The minimum atomic E-state index is -0.983. The molecule has 30 heavy (non-hydrogen) atoms. The van der Waals surface area contributed by atoms with E-state index in [4.69, 9.17) is 9.47 Å². The average molecular weight is 415 g/mol. The summed E-state index contributed by atoms with van der Waals surface area (Å²) in [6, 6.07) is 4.06. The van der Waals surface area contributed by atoms with Gasteiger partial charge in [-0.25, -0.2) is 13.3 Å². The van der Waals surface area contributed by atoms with E-state index in [0.717, 1.165) is 6.07 Å². The zero-order chi connectivity index (χ0) is 20.8. The summed E-state index contributed by atoms with van der Waals surface area (Å²) in [5.41, 5.74) is 1.15. The van der Waals surface area contributed by atoms with Crippen molar-refractivity contribution in [2.24, 2.45) is 0 Å². The number of benzene rings is 1. The molecular formula is C20H19F2N5O3. The average Bonchev–Trinajstić information content (AvgIpc) is 3.29. The zero-order valence-corrected chi connectivity index (χ0v) is 16.1. The van der Waals surface area contributed by atoms with Gasteiger partial charge < -0.3 is 19.7 Å². The number of fused-ring (bicyclic) bond motifs is 5. The van der Waals surface area contributed by atoms with E-state index in [-0.39, 0.29) is 24.1 Å². The first-order valence-electron chi connectivity index (χ1n) is 9.59. The van der Waals surface area contributed by atoms with Crippen LogP contribution in [0.25, 0.3) is 16.8 Å². The number of halogens is 2. The van der Waals surface area contributed by atoms with Crippen molar-refractivity contribution in [3.05, 3.63) is 42.2 Å². The maximum atomic E-state index is 14.6. The van der Waals surface area contributed by atoms with E-state index in [1.54, 1.807) is 17.2 Å². The first kappa shape index (κ1) is 18.7. The second kappa shape index (κ2) is 7.21. The van der Waals surface area contributed by atoms with Gasteiger partial charge in [0.15, 0.2) is 17.3 Å². The van der Waals surface area contributed by atoms with Gasteiger partial charge in [0, 0.05) is 61.8 Å². The maximum absolute atomic E-state index is 14.6. The van der Waals surface area contributed by atoms with Crippen molar-refractivity contribution in [2.75, 3.05) is 32.1 Å². The third kappa shape index (κ3) is 3.04. The predicted molar refractivity (Wildman–Crippen MR) is 103 cm³/mol. The number of hydrogen-bond acceptors (Lipinski definition) is 6. The van der Waals surface area contributed by atoms with E-state index in [1.807, 2.05) is 0 Å². The van der Waals surface area contributed by atoms with E-state index in [9.17, 15) is 13.6 Å². The van der Waals surface area contributed by atoms with Gasteiger partial charge >= 0.3 is 0 Å². The van der Waals surface area contributed by atoms with E-state index in [0.29, 0.717) is 42.3 Å². The topological polar surface area (TPSA) is 81.0 Å². The first-order valence-corrected chi connectivity index (χ1v) is 9.59. The van der Waals surface area contributed by atoms with Crippen LogP contribution in [0.4, 0.5) is 14.5 Å². The Bertz CT molecular complexity index is 1140. The lowest BCUT2D eigenvalue weighted by atomic mass is 10.1. The van der Waals surface area contributed by atoms with Crippen molar-refractivity contribution in [3.63, 3.8) is 0 Å². The monoisotopic (exact) mass is 415 g/mol. The molecule has 1 N–H and O–H groups in total. The molecule has 1 amide bonds. The van der Waals surface area contributed by atoms with E-state index < -0.39 is 17.7 Å². The molecule has 8 nitrogen and oxygen atoms in total. The van der Waals surface area contributed by atoms with Crippen LogP contribution in [0.3, 0.4) is 0 Å². The molecule has 1 fully saturated rings. The summed E-state index contributed by atoms with van der Waals surface area (Å²) in [6.45, 7) is 0.967. The minimum absolute atomic E-state index is 0.0452. The van der Waals surface area contributed by atoms with Gasteiger partial charge in [0.25, 0.3) is 5.91 Å². The van der Waals surface area contributed by atoms with Crippen LogP contribution >= 0.6 is 0 Å². The fraction of sp³-hybridized carbons (Fsp3) is 0.350. The SMILES string of the molecule is CO[C@@H]1C[C@H]2COc3ccn4ncc(c4n3)-c3cc(cc(F)c3F)NCCN2C1=O. The Morgan fingerprint density at radius 1 is 1.30 bits per heavy atom. The Hall–Kier alpha value is -3.27. The van der Waals surface area contributed by atoms with Gasteiger partial charge in [0.05, 0.1) is 12.2 Å². The number of ether oxygens (including phenoxy) is 2. The number of carbonyl (C=O) groups excluding carboxylic acids is 1. The van der Waals surface area contributed by atoms with Gasteiger partial charge in [0.1, 0.15) is 12.7 Å². The fourth-order valence-electron chi connectivity index (χ4n) is 4.00. The Morgan fingerprint density at radius 3 is 3.00 bits per heavy atom. The molecule has 4 heterocycles. The fourth-order valence-corrected chi connectivity index (χ4v) is 4.00. The summed E-state index contributed by atoms with van der Waals surface area (Å²) in [6.07, 6.45) is 3.06. The van der Waals surface area contributed by atoms with Gasteiger partial charge in [-0.3, -0.25) is 4.79 Å². The number of nitrogens with zero attached hydrogens (tertiary/aromatic N) is 4. The molecule has 3 aromatic rings. The number of nitrogens with one attached hydrogen (secondary N) is 1. The summed E-state index contributed by atoms with van der Waals surface area (Å²) >= 11 is 0. The second-order valence-corrected chi connectivity index (χ2v) is 7.30. The van der Waals surface area contributed by atoms with Crippen LogP contribution in [0.2, 0.25) is 0 Å². The molecule has 0 aliphatic carbocycles. The molecule has 4 bridgehead atoms. The lowest BCUT2D eigenvalue weighted by Gasteiger charge is -2.25. The third-order valence-electron chi connectivity index (χ3n) is 5.54. The van der Waals surface area contributed by atoms with E-state index >= 15 is 0 Å². The molecule has 0 unspecified atom stereocenters. The van der Waals surface area contributed by atoms with Crippen LogP contribution < -0.4 is 10.1 Å². The molecule has 0 saturated carbocycles. The van der Waals surface area contributed by atoms with Crippen LogP contribution in [0.15, 0.2) is 30.6 Å². The van der Waals surface area contributed by atoms with Crippen molar-refractivity contribution in [1.29, 1.82) is 0 Å². The molecule has 1 saturated heterocycles. The van der Waals surface area contributed by atoms with Crippen molar-refractivity contribution < 1.29 is 23.0 Å². The van der Waals surface area contributed by atoms with E-state index in [1.165, 1.54) is 23.9 Å². The lowest BCUT2D eigenvalue weighted by molar-refractivity contribution is -0.136. The number of rotatable bonds is 1. The highest BCUT2D eigenvalue weighted by Crippen LogP contribution is 2.32. The third-order valence-corrected chi connectivity index (χ3v) is 5.54. The summed E-state index contributed by atoms with van der Waals surface area (Å²) < 4.78 is 41.5. The van der Waals surface area contributed by atoms with Crippen LogP contribution in [0, 0.1) is 11.6 Å². The Balaban J connectivity index is 1.60. The Kier molecular flexibility index (Phi) is 4.50. The first-order chi connectivity index (χ1) is 14.5. The van der Waals surface area contributed by atoms with Crippen molar-refractivity contribution in [1.82, 2.24) is 19.5 Å². The van der Waals surface area contributed by atoms with Crippen molar-refractivity contribution in [2.45, 2.75) is 18.6 Å². The summed E-state index contributed by atoms with van der Waals surface area (Å²) in [4.78, 5) is 18.8. The maximum Gasteiger partial charge on any atom is 0.252 e. The highest BCUT2D eigenvalue weighted by atomic mass is 19.2. The number of amides is 1. The smallest absolute Gasteiger partial charge is 0.252 e. The molecule has 5 rings (SSSR count). The number of aromatic nitrogens is 3. The van der Waals surface area contributed by atoms with Gasteiger partial charge in [-0.1, -0.05) is 0 Å². The summed E-state index contributed by atoms with van der Waals surface area (Å²) in [7, 11) is 1.50. The predicted octanol–water partition coefficient (Wildman–Crippen LogP) is 2.09. The Morgan fingerprint density at radius 2 is 2.17 bits per heavy atom. The van der Waals surface area contributed by atoms with Crippen LogP contribution in [-0.4, -0.2) is 64.4 Å². The number of methoxy groups -OCH3 is 1. The van der Waals surface area contributed by atoms with Crippen LogP contribution in [-0.2, 0) is 9.53 Å². The molecule has 0 spiro atoms. The highest BCUT2D eigenvalue weighted by Gasteiger charge is 2.39. The van der Waals surface area contributed by atoms with Gasteiger partial charge in [-0.2, -0.15) is 10.1 Å². The lowest BCUT2D eigenvalue weighted by Crippen LogP contribution is -2.41. The molecule has 156 valence electrons. The molecule has 0 radical (unpaired) electrons. The molecule has 10 heteroatoms. The quantitative estimate of drug-likeness (QED) is 0.656. The van der Waals surface area contributed by atoms with Gasteiger partial charge in [0.2, 0.25) is 5.88 Å². The highest BCUT2D eigenvalue weighted by molar-refractivity contribution is 5.84. The number of anilines is 1. The minimum Gasteiger partial charge on any atom is -0.475 e. The van der Waals surface area contributed by atoms with Crippen LogP contribution in [0.5, 0.6) is 5.88 Å². The molecule has 2 atom stereocenters. The molecule has 2 aromatic heterocycles. The van der Waals surface area contributed by atoms with Crippen molar-refractivity contribution in [3.8, 4) is 17.0 Å². The Labute approximate surface area is 170 Å². The largest absolute Gasteiger partial charge is 0.475 e. The second-order valence-electron chi connectivity index (χ2n) is 7.30. The number of carbonyl (C=O) groups is 1. The molecule has 1 aromatic carbocycles. The van der Waals surface area contributed by atoms with Crippen molar-refractivity contribution >= 4 is 17.2 Å². The standard InChI is InChI=1S/C20H19F2N5O3/c1-29-16-8-12-10-30-17-2-4-27-19(25-17)14(9-24-27)13-6-11(7-15(21)18(13)22)23-3-5-26(12)20(16)28/h2,4,6-7,9,12,16,23H,3,5,8,10H2,1H3/t12-,16+/m0/s1. The van der Waals surface area contributed by atoms with Crippen LogP contribution in [0.1, 0.15) is 6.42 Å². The normalized spacial score (nSPS) is 21.3. The molecular weight excluding hydrogens is 396 g/mol. The van der Waals surface area contributed by atoms with Gasteiger partial charge in [-0.15, -0.1) is 0 Å². The molecule has 2 aliphatic rings. The molecule has 2 aliphatic heterocycles. The summed E-state index contributed by atoms with van der Waals surface area (Å²) in [5.74, 6) is -1.77. The zero-order valence-electron chi connectivity index (χ0n) is 16.1. The number of hydrogen-bond donors (Lipinski definition) is 1. The van der Waals surface area contributed by atoms with Gasteiger partial charge in [-0.05, 0) is 6.07 Å². The van der Waals surface area contributed by atoms with E-state index in [2.05, 4.69) is 15.4 Å². The summed E-state index contributed by atoms with van der Waals surface area (Å²) in [5, 5.41) is 7.25.